The molecule has 15 heavy (non-hydrogen) atoms. The number of methoxy groups -OCH3 is 2. The van der Waals surface area contributed by atoms with Crippen LogP contribution in [0.3, 0.4) is 0 Å². The van der Waals surface area contributed by atoms with Crippen LogP contribution in [0.4, 0.5) is 5.69 Å². The lowest BCUT2D eigenvalue weighted by Gasteiger charge is -2.03. The smallest absolute Gasteiger partial charge is 0.330 e. The van der Waals surface area contributed by atoms with Crippen LogP contribution in [0.1, 0.15) is 5.56 Å². The van der Waals surface area contributed by atoms with Crippen molar-refractivity contribution < 1.29 is 14.3 Å². The molecule has 2 N–H and O–H groups in total. The first-order chi connectivity index (χ1) is 7.17. The van der Waals surface area contributed by atoms with E-state index in [1.54, 1.807) is 31.4 Å². The zero-order valence-corrected chi connectivity index (χ0v) is 8.69. The van der Waals surface area contributed by atoms with E-state index in [1.807, 2.05) is 0 Å². The van der Waals surface area contributed by atoms with Crippen molar-refractivity contribution in [2.75, 3.05) is 20.0 Å². The van der Waals surface area contributed by atoms with E-state index >= 15 is 0 Å². The summed E-state index contributed by atoms with van der Waals surface area (Å²) >= 11 is 0. The third kappa shape index (κ3) is 3.02. The average molecular weight is 207 g/mol. The first kappa shape index (κ1) is 11.1. The van der Waals surface area contributed by atoms with Crippen LogP contribution < -0.4 is 10.5 Å². The van der Waals surface area contributed by atoms with Crippen molar-refractivity contribution in [1.82, 2.24) is 0 Å². The first-order valence-corrected chi connectivity index (χ1v) is 4.37. The van der Waals surface area contributed by atoms with Gasteiger partial charge in [-0.25, -0.2) is 4.79 Å². The van der Waals surface area contributed by atoms with Gasteiger partial charge in [0, 0.05) is 17.8 Å². The second-order valence-corrected chi connectivity index (χ2v) is 2.85. The van der Waals surface area contributed by atoms with Gasteiger partial charge in [-0.2, -0.15) is 0 Å². The molecule has 0 unspecified atom stereocenters. The lowest BCUT2D eigenvalue weighted by Crippen LogP contribution is -1.95. The van der Waals surface area contributed by atoms with E-state index in [2.05, 4.69) is 4.74 Å². The van der Waals surface area contributed by atoms with Crippen molar-refractivity contribution in [2.45, 2.75) is 0 Å². The van der Waals surface area contributed by atoms with E-state index in [0.29, 0.717) is 11.4 Å². The molecule has 0 aliphatic heterocycles. The molecular formula is C11H13NO3. The highest BCUT2D eigenvalue weighted by Crippen LogP contribution is 2.20. The number of carbonyl (C=O) groups is 1. The molecule has 0 aliphatic carbocycles. The Kier molecular flexibility index (Phi) is 3.74. The summed E-state index contributed by atoms with van der Waals surface area (Å²) in [5, 5.41) is 0. The number of anilines is 1. The van der Waals surface area contributed by atoms with E-state index < -0.39 is 5.97 Å². The lowest BCUT2D eigenvalue weighted by molar-refractivity contribution is -0.134. The molecule has 0 radical (unpaired) electrons. The van der Waals surface area contributed by atoms with Gasteiger partial charge in [0.25, 0.3) is 0 Å². The van der Waals surface area contributed by atoms with E-state index in [9.17, 15) is 4.79 Å². The third-order valence-corrected chi connectivity index (χ3v) is 1.89. The number of esters is 1. The molecule has 4 nitrogen and oxygen atoms in total. The lowest BCUT2D eigenvalue weighted by atomic mass is 10.1. The van der Waals surface area contributed by atoms with E-state index in [-0.39, 0.29) is 0 Å². The highest BCUT2D eigenvalue weighted by molar-refractivity contribution is 5.88. The SMILES string of the molecule is COC(=O)/C=C/c1ccc(OC)cc1N. The number of nitrogen functional groups attached to an aromatic ring is 1. The molecule has 0 saturated carbocycles. The molecule has 0 bridgehead atoms. The molecule has 0 heterocycles. The number of nitrogens with two attached hydrogens (primary N) is 1. The molecular weight excluding hydrogens is 194 g/mol. The molecule has 1 rings (SSSR count). The highest BCUT2D eigenvalue weighted by atomic mass is 16.5. The Labute approximate surface area is 88.3 Å². The number of ether oxygens (including phenoxy) is 2. The molecule has 1 aromatic carbocycles. The molecule has 0 amide bonds. The molecule has 0 fully saturated rings. The van der Waals surface area contributed by atoms with Gasteiger partial charge >= 0.3 is 5.97 Å². The molecule has 0 aliphatic rings. The van der Waals surface area contributed by atoms with E-state index in [1.165, 1.54) is 13.2 Å². The Morgan fingerprint density at radius 2 is 2.13 bits per heavy atom. The maximum absolute atomic E-state index is 10.8. The summed E-state index contributed by atoms with van der Waals surface area (Å²) in [5.41, 5.74) is 7.04. The summed E-state index contributed by atoms with van der Waals surface area (Å²) < 4.78 is 9.47. The van der Waals surface area contributed by atoms with Crippen molar-refractivity contribution in [3.63, 3.8) is 0 Å². The van der Waals surface area contributed by atoms with Crippen LogP contribution in [0, 0.1) is 0 Å². The predicted molar refractivity (Wildman–Crippen MR) is 58.5 cm³/mol. The highest BCUT2D eigenvalue weighted by Gasteiger charge is 1.98. The van der Waals surface area contributed by atoms with Crippen LogP contribution in [0.25, 0.3) is 6.08 Å². The van der Waals surface area contributed by atoms with Gasteiger partial charge < -0.3 is 15.2 Å². The Bertz CT molecular complexity index is 385. The number of hydrogen-bond donors (Lipinski definition) is 1. The van der Waals surface area contributed by atoms with Crippen molar-refractivity contribution in [3.05, 3.63) is 29.8 Å². The molecule has 0 atom stereocenters. The third-order valence-electron chi connectivity index (χ3n) is 1.89. The Morgan fingerprint density at radius 1 is 1.40 bits per heavy atom. The summed E-state index contributed by atoms with van der Waals surface area (Å²) in [4.78, 5) is 10.8. The van der Waals surface area contributed by atoms with Gasteiger partial charge in [0.2, 0.25) is 0 Å². The molecule has 0 spiro atoms. The minimum absolute atomic E-state index is 0.412. The topological polar surface area (TPSA) is 61.5 Å². The molecule has 4 heteroatoms. The van der Waals surface area contributed by atoms with Gasteiger partial charge in [0.15, 0.2) is 0 Å². The number of rotatable bonds is 3. The second-order valence-electron chi connectivity index (χ2n) is 2.85. The Balaban J connectivity index is 2.87. The maximum Gasteiger partial charge on any atom is 0.330 e. The fourth-order valence-corrected chi connectivity index (χ4v) is 1.06. The van der Waals surface area contributed by atoms with Crippen LogP contribution in [0.5, 0.6) is 5.75 Å². The first-order valence-electron chi connectivity index (χ1n) is 4.37. The number of benzene rings is 1. The largest absolute Gasteiger partial charge is 0.497 e. The van der Waals surface area contributed by atoms with Crippen molar-refractivity contribution in [3.8, 4) is 5.75 Å². The molecule has 80 valence electrons. The zero-order valence-electron chi connectivity index (χ0n) is 8.69. The summed E-state index contributed by atoms with van der Waals surface area (Å²) in [7, 11) is 2.89. The monoisotopic (exact) mass is 207 g/mol. The summed E-state index contributed by atoms with van der Waals surface area (Å²) in [6.45, 7) is 0. The van der Waals surface area contributed by atoms with Gasteiger partial charge in [0.1, 0.15) is 5.75 Å². The molecule has 0 aromatic heterocycles. The normalized spacial score (nSPS) is 10.3. The second kappa shape index (κ2) is 5.05. The van der Waals surface area contributed by atoms with E-state index in [4.69, 9.17) is 10.5 Å². The van der Waals surface area contributed by atoms with Crippen molar-refractivity contribution >= 4 is 17.7 Å². The van der Waals surface area contributed by atoms with E-state index in [0.717, 1.165) is 5.56 Å². The molecule has 1 aromatic rings. The summed E-state index contributed by atoms with van der Waals surface area (Å²) in [6.07, 6.45) is 2.92. The summed E-state index contributed by atoms with van der Waals surface area (Å²) in [6, 6.07) is 5.23. The van der Waals surface area contributed by atoms with Crippen LogP contribution >= 0.6 is 0 Å². The fraction of sp³-hybridized carbons (Fsp3) is 0.182. The Hall–Kier alpha value is -1.97. The quantitative estimate of drug-likeness (QED) is 0.463. The summed E-state index contributed by atoms with van der Waals surface area (Å²) in [5.74, 6) is 0.271. The van der Waals surface area contributed by atoms with Crippen LogP contribution in [0.2, 0.25) is 0 Å². The minimum Gasteiger partial charge on any atom is -0.497 e. The number of carbonyl (C=O) groups excluding carboxylic acids is 1. The van der Waals surface area contributed by atoms with Crippen molar-refractivity contribution in [1.29, 1.82) is 0 Å². The van der Waals surface area contributed by atoms with Gasteiger partial charge in [-0.1, -0.05) is 0 Å². The molecule has 0 saturated heterocycles. The standard InChI is InChI=1S/C11H13NO3/c1-14-9-5-3-8(10(12)7-9)4-6-11(13)15-2/h3-7H,12H2,1-2H3/b6-4+. The van der Waals surface area contributed by atoms with Crippen molar-refractivity contribution in [2.24, 2.45) is 0 Å². The number of hydrogen-bond acceptors (Lipinski definition) is 4. The average Bonchev–Trinajstić information content (AvgIpc) is 2.26. The van der Waals surface area contributed by atoms with Gasteiger partial charge in [-0.15, -0.1) is 0 Å². The van der Waals surface area contributed by atoms with Gasteiger partial charge in [-0.3, -0.25) is 0 Å². The van der Waals surface area contributed by atoms with Gasteiger partial charge in [-0.05, 0) is 23.8 Å². The van der Waals surface area contributed by atoms with Crippen LogP contribution in [0.15, 0.2) is 24.3 Å². The van der Waals surface area contributed by atoms with Crippen LogP contribution in [-0.4, -0.2) is 20.2 Å². The minimum atomic E-state index is -0.412. The fourth-order valence-electron chi connectivity index (χ4n) is 1.06. The van der Waals surface area contributed by atoms with Gasteiger partial charge in [0.05, 0.1) is 14.2 Å². The zero-order chi connectivity index (χ0) is 11.3. The van der Waals surface area contributed by atoms with Crippen LogP contribution in [-0.2, 0) is 9.53 Å². The Morgan fingerprint density at radius 3 is 2.67 bits per heavy atom. The maximum atomic E-state index is 10.8. The predicted octanol–water partition coefficient (Wildman–Crippen LogP) is 1.46.